The van der Waals surface area contributed by atoms with Gasteiger partial charge in [-0.05, 0) is 44.5 Å². The van der Waals surface area contributed by atoms with Crippen molar-refractivity contribution in [2.75, 3.05) is 0 Å². The van der Waals surface area contributed by atoms with Gasteiger partial charge >= 0.3 is 0 Å². The molecule has 4 nitrogen and oxygen atoms in total. The molecule has 0 spiro atoms. The van der Waals surface area contributed by atoms with E-state index in [-0.39, 0.29) is 23.5 Å². The van der Waals surface area contributed by atoms with Gasteiger partial charge in [0.1, 0.15) is 11.6 Å². The summed E-state index contributed by atoms with van der Waals surface area (Å²) in [7, 11) is -3.70. The van der Waals surface area contributed by atoms with Gasteiger partial charge in [-0.25, -0.2) is 21.9 Å². The number of halogens is 2. The number of sulfonamides is 1. The first-order chi connectivity index (χ1) is 11.6. The quantitative estimate of drug-likeness (QED) is 0.822. The fourth-order valence-corrected chi connectivity index (χ4v) is 4.05. The zero-order valence-corrected chi connectivity index (χ0v) is 15.3. The van der Waals surface area contributed by atoms with Crippen molar-refractivity contribution in [3.63, 3.8) is 0 Å². The molecule has 0 aromatic heterocycles. The van der Waals surface area contributed by atoms with Crippen LogP contribution in [0.15, 0.2) is 47.4 Å². The van der Waals surface area contributed by atoms with Crippen molar-refractivity contribution >= 4 is 10.0 Å². The van der Waals surface area contributed by atoms with Crippen molar-refractivity contribution in [3.8, 4) is 0 Å². The van der Waals surface area contributed by atoms with Crippen molar-refractivity contribution in [3.05, 3.63) is 65.2 Å². The highest BCUT2D eigenvalue weighted by Crippen LogP contribution is 2.18. The second-order valence-electron chi connectivity index (χ2n) is 6.77. The highest BCUT2D eigenvalue weighted by atomic mass is 32.2. The third-order valence-corrected chi connectivity index (χ3v) is 5.24. The van der Waals surface area contributed by atoms with Gasteiger partial charge in [0.25, 0.3) is 0 Å². The van der Waals surface area contributed by atoms with Gasteiger partial charge in [0.05, 0.1) is 4.90 Å². The predicted octanol–water partition coefficient (Wildman–Crippen LogP) is 3.33. The van der Waals surface area contributed by atoms with Crippen molar-refractivity contribution in [2.45, 2.75) is 44.3 Å². The van der Waals surface area contributed by atoms with Gasteiger partial charge < -0.3 is 5.32 Å². The highest BCUT2D eigenvalue weighted by molar-refractivity contribution is 7.89. The van der Waals surface area contributed by atoms with Crippen LogP contribution in [0.25, 0.3) is 0 Å². The summed E-state index contributed by atoms with van der Waals surface area (Å²) >= 11 is 0. The third-order valence-electron chi connectivity index (χ3n) is 3.38. The van der Waals surface area contributed by atoms with Gasteiger partial charge in [0.15, 0.2) is 0 Å². The molecule has 2 N–H and O–H groups in total. The molecule has 0 bridgehead atoms. The van der Waals surface area contributed by atoms with Crippen molar-refractivity contribution in [2.24, 2.45) is 0 Å². The fraction of sp³-hybridized carbons (Fsp3) is 0.333. The zero-order chi connectivity index (χ0) is 18.7. The summed E-state index contributed by atoms with van der Waals surface area (Å²) < 4.78 is 55.0. The van der Waals surface area contributed by atoms with Gasteiger partial charge in [-0.3, -0.25) is 0 Å². The molecule has 0 radical (unpaired) electrons. The van der Waals surface area contributed by atoms with Gasteiger partial charge in [0, 0.05) is 24.2 Å². The van der Waals surface area contributed by atoms with Crippen LogP contribution in [0.5, 0.6) is 0 Å². The van der Waals surface area contributed by atoms with Crippen LogP contribution < -0.4 is 10.0 Å². The van der Waals surface area contributed by atoms with Crippen LogP contribution in [-0.4, -0.2) is 14.0 Å². The van der Waals surface area contributed by atoms with Crippen LogP contribution in [0, 0.1) is 11.6 Å². The smallest absolute Gasteiger partial charge is 0.241 e. The van der Waals surface area contributed by atoms with Crippen LogP contribution >= 0.6 is 0 Å². The maximum atomic E-state index is 13.6. The van der Waals surface area contributed by atoms with Crippen molar-refractivity contribution < 1.29 is 17.2 Å². The molecule has 0 aliphatic rings. The Balaban J connectivity index is 2.16. The van der Waals surface area contributed by atoms with Gasteiger partial charge in [0.2, 0.25) is 10.0 Å². The summed E-state index contributed by atoms with van der Waals surface area (Å²) in [5.74, 6) is -1.27. The average molecular weight is 368 g/mol. The summed E-state index contributed by atoms with van der Waals surface area (Å²) in [6.45, 7) is 5.39. The molecule has 0 heterocycles. The summed E-state index contributed by atoms with van der Waals surface area (Å²) in [6.07, 6.45) is 0. The lowest BCUT2D eigenvalue weighted by molar-refractivity contribution is 0.490. The van der Waals surface area contributed by atoms with E-state index in [1.54, 1.807) is 39.0 Å². The SMILES string of the molecule is CC(C)(C)NS(=O)(=O)c1ccccc1CNCc1c(F)cccc1F. The third kappa shape index (κ3) is 5.32. The Labute approximate surface area is 147 Å². The lowest BCUT2D eigenvalue weighted by atomic mass is 10.1. The van der Waals surface area contributed by atoms with E-state index in [0.717, 1.165) is 0 Å². The lowest BCUT2D eigenvalue weighted by Gasteiger charge is -2.21. The van der Waals surface area contributed by atoms with E-state index in [0.29, 0.717) is 5.56 Å². The standard InChI is InChI=1S/C18H22F2N2O2S/c1-18(2,3)22-25(23,24)17-10-5-4-7-13(17)11-21-12-14-15(19)8-6-9-16(14)20/h4-10,21-22H,11-12H2,1-3H3. The highest BCUT2D eigenvalue weighted by Gasteiger charge is 2.24. The normalized spacial score (nSPS) is 12.4. The van der Waals surface area contributed by atoms with E-state index in [9.17, 15) is 17.2 Å². The minimum absolute atomic E-state index is 0.0421. The predicted molar refractivity (Wildman–Crippen MR) is 93.4 cm³/mol. The first kappa shape index (κ1) is 19.5. The molecule has 2 aromatic rings. The minimum atomic E-state index is -3.70. The van der Waals surface area contributed by atoms with E-state index in [1.165, 1.54) is 24.3 Å². The molecule has 0 saturated heterocycles. The number of rotatable bonds is 6. The first-order valence-corrected chi connectivity index (χ1v) is 9.34. The maximum absolute atomic E-state index is 13.6. The van der Waals surface area contributed by atoms with Crippen LogP contribution in [0.1, 0.15) is 31.9 Å². The fourth-order valence-electron chi connectivity index (χ4n) is 2.39. The maximum Gasteiger partial charge on any atom is 0.241 e. The summed E-state index contributed by atoms with van der Waals surface area (Å²) in [5.41, 5.74) is -0.165. The van der Waals surface area contributed by atoms with Crippen LogP contribution in [-0.2, 0) is 23.1 Å². The molecule has 2 rings (SSSR count). The molecule has 0 fully saturated rings. The summed E-state index contributed by atoms with van der Waals surface area (Å²) in [6, 6.07) is 10.2. The molecule has 2 aromatic carbocycles. The molecule has 0 aliphatic carbocycles. The Kier molecular flexibility index (Phi) is 5.92. The molecule has 0 aliphatic heterocycles. The second-order valence-corrected chi connectivity index (χ2v) is 8.42. The second kappa shape index (κ2) is 7.59. The molecular formula is C18H22F2N2O2S. The van der Waals surface area contributed by atoms with Crippen molar-refractivity contribution in [1.29, 1.82) is 0 Å². The summed E-state index contributed by atoms with van der Waals surface area (Å²) in [5, 5.41) is 2.90. The molecule has 0 amide bonds. The van der Waals surface area contributed by atoms with Crippen molar-refractivity contribution in [1.82, 2.24) is 10.0 Å². The van der Waals surface area contributed by atoms with E-state index in [2.05, 4.69) is 10.0 Å². The Morgan fingerprint density at radius 2 is 1.52 bits per heavy atom. The topological polar surface area (TPSA) is 58.2 Å². The number of hydrogen-bond donors (Lipinski definition) is 2. The zero-order valence-electron chi connectivity index (χ0n) is 14.4. The van der Waals surface area contributed by atoms with Gasteiger partial charge in [-0.15, -0.1) is 0 Å². The Hall–Kier alpha value is -1.83. The molecule has 136 valence electrons. The molecular weight excluding hydrogens is 346 g/mol. The Morgan fingerprint density at radius 1 is 0.920 bits per heavy atom. The molecule has 0 unspecified atom stereocenters. The Bertz CT molecular complexity index is 826. The number of benzene rings is 2. The van der Waals surface area contributed by atoms with E-state index >= 15 is 0 Å². The number of nitrogens with one attached hydrogen (secondary N) is 2. The largest absolute Gasteiger partial charge is 0.308 e. The Morgan fingerprint density at radius 3 is 2.12 bits per heavy atom. The van der Waals surface area contributed by atoms with E-state index in [4.69, 9.17) is 0 Å². The summed E-state index contributed by atoms with van der Waals surface area (Å²) in [4.78, 5) is 0.145. The van der Waals surface area contributed by atoms with E-state index in [1.807, 2.05) is 0 Å². The first-order valence-electron chi connectivity index (χ1n) is 7.86. The van der Waals surface area contributed by atoms with Gasteiger partial charge in [-0.1, -0.05) is 24.3 Å². The van der Waals surface area contributed by atoms with Gasteiger partial charge in [-0.2, -0.15) is 0 Å². The minimum Gasteiger partial charge on any atom is -0.308 e. The van der Waals surface area contributed by atoms with Crippen LogP contribution in [0.3, 0.4) is 0 Å². The average Bonchev–Trinajstić information content (AvgIpc) is 2.48. The van der Waals surface area contributed by atoms with Crippen LogP contribution in [0.2, 0.25) is 0 Å². The molecule has 25 heavy (non-hydrogen) atoms. The monoisotopic (exact) mass is 368 g/mol. The number of hydrogen-bond acceptors (Lipinski definition) is 3. The van der Waals surface area contributed by atoms with Crippen LogP contribution in [0.4, 0.5) is 8.78 Å². The molecule has 0 atom stereocenters. The molecule has 7 heteroatoms. The lowest BCUT2D eigenvalue weighted by Crippen LogP contribution is -2.40. The van der Waals surface area contributed by atoms with E-state index < -0.39 is 27.2 Å². The molecule has 0 saturated carbocycles.